The highest BCUT2D eigenvalue weighted by Crippen LogP contribution is 2.63. The largest absolute Gasteiger partial charge is 0.750 e. The van der Waals surface area contributed by atoms with E-state index in [9.17, 15) is 13.6 Å². The van der Waals surface area contributed by atoms with Crippen LogP contribution in [0.3, 0.4) is 0 Å². The van der Waals surface area contributed by atoms with E-state index in [1.54, 1.807) is 12.4 Å². The fourth-order valence-electron chi connectivity index (χ4n) is 3.57. The highest BCUT2D eigenvalue weighted by atomic mass is 32.2. The predicted molar refractivity (Wildman–Crippen MR) is 77.7 cm³/mol. The number of hydrogen-bond donors (Lipinski definition) is 0. The van der Waals surface area contributed by atoms with Gasteiger partial charge in [-0.25, -0.2) is 4.21 Å². The Labute approximate surface area is 127 Å². The molecule has 0 aliphatic heterocycles. The van der Waals surface area contributed by atoms with Gasteiger partial charge in [-0.15, -0.1) is 0 Å². The van der Waals surface area contributed by atoms with Crippen LogP contribution in [0.4, 0.5) is 0 Å². The summed E-state index contributed by atoms with van der Waals surface area (Å²) in [7, 11) is 0. The van der Waals surface area contributed by atoms with Gasteiger partial charge in [0.1, 0.15) is 5.78 Å². The Morgan fingerprint density at radius 1 is 1.38 bits per heavy atom. The lowest BCUT2D eigenvalue weighted by atomic mass is 9.69. The van der Waals surface area contributed by atoms with E-state index in [1.807, 2.05) is 32.0 Å². The molecule has 2 fully saturated rings. The van der Waals surface area contributed by atoms with Gasteiger partial charge in [0.05, 0.1) is 23.4 Å². The Kier molecular flexibility index (Phi) is 4.91. The van der Waals surface area contributed by atoms with Crippen LogP contribution in [0.5, 0.6) is 0 Å². The van der Waals surface area contributed by atoms with Crippen LogP contribution in [0, 0.1) is 16.7 Å². The quantitative estimate of drug-likeness (QED) is 0.800. The lowest BCUT2D eigenvalue weighted by Gasteiger charge is -2.36. The molecule has 0 N–H and O–H groups in total. The number of rotatable bonds is 3. The SMILES string of the molecule is CC1(C)C2CCC1(COS(=O)[O-])C(=O)C2.c1ccncc1. The summed E-state index contributed by atoms with van der Waals surface area (Å²) >= 11 is -2.52. The van der Waals surface area contributed by atoms with Gasteiger partial charge in [0.2, 0.25) is 0 Å². The predicted octanol–water partition coefficient (Wildman–Crippen LogP) is 2.27. The molecule has 0 spiro atoms. The second-order valence-electron chi connectivity index (χ2n) is 6.16. The molecule has 0 aromatic carbocycles. The first-order chi connectivity index (χ1) is 9.90. The zero-order valence-corrected chi connectivity index (χ0v) is 13.1. The van der Waals surface area contributed by atoms with Crippen molar-refractivity contribution in [2.75, 3.05) is 6.61 Å². The molecule has 21 heavy (non-hydrogen) atoms. The average molecular weight is 310 g/mol. The molecular formula is C15H20NO4S-. The van der Waals surface area contributed by atoms with Crippen molar-refractivity contribution in [3.8, 4) is 0 Å². The first kappa shape index (κ1) is 16.3. The summed E-state index contributed by atoms with van der Waals surface area (Å²) in [5.41, 5.74) is -0.679. The van der Waals surface area contributed by atoms with Crippen LogP contribution in [0.1, 0.15) is 33.1 Å². The Balaban J connectivity index is 0.000000225. The van der Waals surface area contributed by atoms with E-state index in [1.165, 1.54) is 0 Å². The van der Waals surface area contributed by atoms with Gasteiger partial charge in [-0.2, -0.15) is 0 Å². The summed E-state index contributed by atoms with van der Waals surface area (Å²) in [4.78, 5) is 15.7. The van der Waals surface area contributed by atoms with E-state index in [0.717, 1.165) is 12.8 Å². The maximum Gasteiger partial charge on any atom is 0.142 e. The van der Waals surface area contributed by atoms with Gasteiger partial charge in [0.25, 0.3) is 0 Å². The molecule has 2 aliphatic rings. The number of Topliss-reactive ketones (excluding diaryl/α,β-unsaturated/α-hetero) is 1. The maximum absolute atomic E-state index is 11.9. The maximum atomic E-state index is 11.9. The molecule has 2 aliphatic carbocycles. The smallest absolute Gasteiger partial charge is 0.142 e. The van der Waals surface area contributed by atoms with Gasteiger partial charge in [-0.05, 0) is 36.3 Å². The molecule has 2 saturated carbocycles. The highest BCUT2D eigenvalue weighted by molar-refractivity contribution is 7.74. The minimum Gasteiger partial charge on any atom is -0.750 e. The monoisotopic (exact) mass is 310 g/mol. The normalized spacial score (nSPS) is 30.6. The minimum absolute atomic E-state index is 0.0193. The van der Waals surface area contributed by atoms with Gasteiger partial charge in [0, 0.05) is 18.8 Å². The van der Waals surface area contributed by atoms with Crippen LogP contribution in [0.15, 0.2) is 30.6 Å². The van der Waals surface area contributed by atoms with E-state index in [2.05, 4.69) is 9.17 Å². The fourth-order valence-corrected chi connectivity index (χ4v) is 3.87. The van der Waals surface area contributed by atoms with E-state index >= 15 is 0 Å². The van der Waals surface area contributed by atoms with Crippen LogP contribution >= 0.6 is 0 Å². The second-order valence-corrected chi connectivity index (χ2v) is 6.80. The Hall–Kier alpha value is -1.11. The van der Waals surface area contributed by atoms with Gasteiger partial charge in [0.15, 0.2) is 0 Å². The third-order valence-corrected chi connectivity index (χ3v) is 5.42. The molecular weight excluding hydrogens is 290 g/mol. The number of aromatic nitrogens is 1. The number of fused-ring (bicyclic) bond motifs is 2. The van der Waals surface area contributed by atoms with Crippen molar-refractivity contribution in [1.29, 1.82) is 0 Å². The van der Waals surface area contributed by atoms with E-state index in [4.69, 9.17) is 0 Å². The van der Waals surface area contributed by atoms with Gasteiger partial charge in [-0.3, -0.25) is 14.0 Å². The van der Waals surface area contributed by atoms with Crippen molar-refractivity contribution in [2.45, 2.75) is 33.1 Å². The third kappa shape index (κ3) is 3.07. The molecule has 1 aromatic rings. The molecule has 3 unspecified atom stereocenters. The van der Waals surface area contributed by atoms with Crippen LogP contribution in [0.25, 0.3) is 0 Å². The molecule has 1 aromatic heterocycles. The van der Waals surface area contributed by atoms with Crippen molar-refractivity contribution < 1.29 is 17.7 Å². The number of carbonyl (C=O) groups excluding carboxylic acids is 1. The van der Waals surface area contributed by atoms with Gasteiger partial charge >= 0.3 is 0 Å². The molecule has 0 amide bonds. The van der Waals surface area contributed by atoms with Crippen molar-refractivity contribution in [1.82, 2.24) is 4.98 Å². The Bertz CT molecular complexity index is 493. The van der Waals surface area contributed by atoms with E-state index < -0.39 is 16.8 Å². The second kappa shape index (κ2) is 6.34. The average Bonchev–Trinajstić information content (AvgIpc) is 2.82. The van der Waals surface area contributed by atoms with Crippen LogP contribution < -0.4 is 0 Å². The topological polar surface area (TPSA) is 79.3 Å². The highest BCUT2D eigenvalue weighted by Gasteiger charge is 2.64. The molecule has 2 bridgehead atoms. The molecule has 3 atom stereocenters. The summed E-state index contributed by atoms with van der Waals surface area (Å²) in [5.74, 6) is 0.572. The summed E-state index contributed by atoms with van der Waals surface area (Å²) in [6, 6.07) is 5.72. The number of nitrogens with zero attached hydrogens (tertiary/aromatic N) is 1. The summed E-state index contributed by atoms with van der Waals surface area (Å²) in [6.07, 6.45) is 5.86. The van der Waals surface area contributed by atoms with E-state index in [0.29, 0.717) is 12.3 Å². The van der Waals surface area contributed by atoms with Crippen molar-refractivity contribution in [3.05, 3.63) is 30.6 Å². The molecule has 0 radical (unpaired) electrons. The fraction of sp³-hybridized carbons (Fsp3) is 0.600. The molecule has 5 nitrogen and oxygen atoms in total. The van der Waals surface area contributed by atoms with Gasteiger partial charge < -0.3 is 4.55 Å². The zero-order valence-electron chi connectivity index (χ0n) is 12.3. The lowest BCUT2D eigenvalue weighted by Crippen LogP contribution is -2.40. The standard InChI is InChI=1S/C10H16O4S.C5H5N/c1-9(2)7-3-4-10(9,8(11)5-7)6-14-15(12)13;1-2-4-6-5-3-1/h7H,3-6H2,1-2H3,(H,12,13);1-5H/p-1. The Morgan fingerprint density at radius 3 is 2.38 bits per heavy atom. The van der Waals surface area contributed by atoms with Crippen molar-refractivity contribution >= 4 is 17.1 Å². The summed E-state index contributed by atoms with van der Waals surface area (Å²) in [6.45, 7) is 4.12. The number of carbonyl (C=O) groups is 1. The van der Waals surface area contributed by atoms with E-state index in [-0.39, 0.29) is 17.8 Å². The molecule has 116 valence electrons. The van der Waals surface area contributed by atoms with Crippen LogP contribution in [-0.4, -0.2) is 26.1 Å². The molecule has 0 saturated heterocycles. The van der Waals surface area contributed by atoms with Crippen molar-refractivity contribution in [2.24, 2.45) is 16.7 Å². The molecule has 1 heterocycles. The third-order valence-electron chi connectivity index (χ3n) is 5.11. The molecule has 6 heteroatoms. The minimum atomic E-state index is -2.52. The zero-order chi connectivity index (χ0) is 15.5. The summed E-state index contributed by atoms with van der Waals surface area (Å²) < 4.78 is 25.5. The number of pyridine rings is 1. The number of ketones is 1. The first-order valence-corrected chi connectivity index (χ1v) is 8.01. The first-order valence-electron chi connectivity index (χ1n) is 7.01. The summed E-state index contributed by atoms with van der Waals surface area (Å²) in [5, 5.41) is 0. The van der Waals surface area contributed by atoms with Crippen LogP contribution in [0.2, 0.25) is 0 Å². The molecule has 3 rings (SSSR count). The van der Waals surface area contributed by atoms with Crippen LogP contribution in [-0.2, 0) is 20.3 Å². The Morgan fingerprint density at radius 2 is 2.05 bits per heavy atom. The van der Waals surface area contributed by atoms with Gasteiger partial charge in [-0.1, -0.05) is 19.9 Å². The van der Waals surface area contributed by atoms with Crippen molar-refractivity contribution in [3.63, 3.8) is 0 Å². The number of hydrogen-bond acceptors (Lipinski definition) is 5. The lowest BCUT2D eigenvalue weighted by molar-refractivity contribution is -0.131.